The zero-order valence-corrected chi connectivity index (χ0v) is 14.7. The fourth-order valence-corrected chi connectivity index (χ4v) is 3.69. The lowest BCUT2D eigenvalue weighted by Crippen LogP contribution is -2.45. The zero-order valence-electron chi connectivity index (χ0n) is 13.1. The minimum absolute atomic E-state index is 0.0246. The number of carbonyl (C=O) groups is 1. The molecule has 6 heteroatoms. The smallest absolute Gasteiger partial charge is 0.224 e. The lowest BCUT2D eigenvalue weighted by molar-refractivity contribution is -0.124. The van der Waals surface area contributed by atoms with Crippen LogP contribution in [0, 0.1) is 5.92 Å². The number of sulfone groups is 1. The Kier molecular flexibility index (Phi) is 4.87. The number of rotatable bonds is 6. The molecule has 0 heterocycles. The molecule has 1 aliphatic carbocycles. The summed E-state index contributed by atoms with van der Waals surface area (Å²) >= 11 is 6.16. The van der Waals surface area contributed by atoms with Gasteiger partial charge in [-0.15, -0.1) is 0 Å². The molecule has 1 aromatic rings. The standard InChI is InChI=1S/C16H22ClNO3S/c1-16(2,8-9-22(3,20)21)18-15(19)13-10-12(13)11-6-4-5-7-14(11)17/h4-7,12-13H,8-10H2,1-3H3,(H,18,19)/t12-,13-/m1/s1. The van der Waals surface area contributed by atoms with Crippen molar-refractivity contribution in [2.45, 2.75) is 38.1 Å². The molecular weight excluding hydrogens is 322 g/mol. The van der Waals surface area contributed by atoms with E-state index < -0.39 is 15.4 Å². The summed E-state index contributed by atoms with van der Waals surface area (Å²) < 4.78 is 22.5. The van der Waals surface area contributed by atoms with Gasteiger partial charge in [-0.25, -0.2) is 8.42 Å². The molecular formula is C16H22ClNO3S. The van der Waals surface area contributed by atoms with E-state index in [-0.39, 0.29) is 23.5 Å². The van der Waals surface area contributed by atoms with Crippen LogP contribution in [0.4, 0.5) is 0 Å². The summed E-state index contributed by atoms with van der Waals surface area (Å²) in [6, 6.07) is 7.58. The quantitative estimate of drug-likeness (QED) is 0.863. The zero-order chi connectivity index (χ0) is 16.5. The van der Waals surface area contributed by atoms with Crippen LogP contribution in [0.15, 0.2) is 24.3 Å². The number of amides is 1. The Bertz CT molecular complexity index is 670. The van der Waals surface area contributed by atoms with E-state index in [4.69, 9.17) is 11.6 Å². The molecule has 0 aromatic heterocycles. The van der Waals surface area contributed by atoms with Crippen molar-refractivity contribution < 1.29 is 13.2 Å². The predicted octanol–water partition coefficient (Wildman–Crippen LogP) is 2.77. The van der Waals surface area contributed by atoms with Crippen LogP contribution in [0.5, 0.6) is 0 Å². The average Bonchev–Trinajstić information content (AvgIpc) is 3.16. The normalized spacial score (nSPS) is 21.5. The third kappa shape index (κ3) is 4.71. The maximum Gasteiger partial charge on any atom is 0.224 e. The van der Waals surface area contributed by atoms with Gasteiger partial charge in [0.05, 0.1) is 5.75 Å². The van der Waals surface area contributed by atoms with Gasteiger partial charge in [0.1, 0.15) is 9.84 Å². The first kappa shape index (κ1) is 17.3. The van der Waals surface area contributed by atoms with Gasteiger partial charge in [0.15, 0.2) is 0 Å². The van der Waals surface area contributed by atoms with E-state index in [1.165, 1.54) is 6.26 Å². The number of nitrogens with one attached hydrogen (secondary N) is 1. The van der Waals surface area contributed by atoms with E-state index in [9.17, 15) is 13.2 Å². The highest BCUT2D eigenvalue weighted by molar-refractivity contribution is 7.90. The molecule has 0 spiro atoms. The Hall–Kier alpha value is -1.07. The maximum atomic E-state index is 12.3. The van der Waals surface area contributed by atoms with Gasteiger partial charge < -0.3 is 5.32 Å². The molecule has 122 valence electrons. The molecule has 1 amide bonds. The van der Waals surface area contributed by atoms with Crippen molar-refractivity contribution in [3.05, 3.63) is 34.9 Å². The number of benzene rings is 1. The second-order valence-corrected chi connectivity index (χ2v) is 9.39. The average molecular weight is 344 g/mol. The fourth-order valence-electron chi connectivity index (χ4n) is 2.53. The van der Waals surface area contributed by atoms with Crippen molar-refractivity contribution >= 4 is 27.3 Å². The highest BCUT2D eigenvalue weighted by atomic mass is 35.5. The van der Waals surface area contributed by atoms with Crippen molar-refractivity contribution in [3.63, 3.8) is 0 Å². The van der Waals surface area contributed by atoms with Crippen LogP contribution in [0.1, 0.15) is 38.2 Å². The van der Waals surface area contributed by atoms with Crippen LogP contribution in [-0.2, 0) is 14.6 Å². The lowest BCUT2D eigenvalue weighted by atomic mass is 10.0. The Labute approximate surface area is 137 Å². The third-order valence-electron chi connectivity index (χ3n) is 3.99. The molecule has 2 atom stereocenters. The van der Waals surface area contributed by atoms with E-state index in [2.05, 4.69) is 5.32 Å². The summed E-state index contributed by atoms with van der Waals surface area (Å²) in [7, 11) is -3.03. The molecule has 1 N–H and O–H groups in total. The molecule has 0 unspecified atom stereocenters. The summed E-state index contributed by atoms with van der Waals surface area (Å²) in [5, 5.41) is 3.66. The summed E-state index contributed by atoms with van der Waals surface area (Å²) in [5.41, 5.74) is 0.478. The van der Waals surface area contributed by atoms with E-state index in [1.54, 1.807) is 0 Å². The van der Waals surface area contributed by atoms with Gasteiger partial charge in [-0.2, -0.15) is 0 Å². The molecule has 22 heavy (non-hydrogen) atoms. The Morgan fingerprint density at radius 1 is 1.36 bits per heavy atom. The second-order valence-electron chi connectivity index (χ2n) is 6.72. The largest absolute Gasteiger partial charge is 0.351 e. The number of hydrogen-bond acceptors (Lipinski definition) is 3. The fraction of sp³-hybridized carbons (Fsp3) is 0.562. The van der Waals surface area contributed by atoms with Crippen LogP contribution in [0.25, 0.3) is 0 Å². The van der Waals surface area contributed by atoms with E-state index in [1.807, 2.05) is 38.1 Å². The highest BCUT2D eigenvalue weighted by Crippen LogP contribution is 2.49. The van der Waals surface area contributed by atoms with Gasteiger partial charge in [-0.05, 0) is 44.2 Å². The first-order valence-corrected chi connectivity index (χ1v) is 9.77. The number of halogens is 1. The summed E-state index contributed by atoms with van der Waals surface area (Å²) in [5.74, 6) is 0.138. The van der Waals surface area contributed by atoms with Crippen LogP contribution in [0.3, 0.4) is 0 Å². The predicted molar refractivity (Wildman–Crippen MR) is 88.8 cm³/mol. The summed E-state index contributed by atoms with van der Waals surface area (Å²) in [6.45, 7) is 3.70. The molecule has 0 radical (unpaired) electrons. The molecule has 0 saturated heterocycles. The van der Waals surface area contributed by atoms with Gasteiger partial charge in [-0.3, -0.25) is 4.79 Å². The third-order valence-corrected chi connectivity index (χ3v) is 5.28. The molecule has 1 fully saturated rings. The molecule has 0 bridgehead atoms. The topological polar surface area (TPSA) is 63.2 Å². The van der Waals surface area contributed by atoms with Crippen LogP contribution < -0.4 is 5.32 Å². The molecule has 4 nitrogen and oxygen atoms in total. The molecule has 0 aliphatic heterocycles. The first-order valence-electron chi connectivity index (χ1n) is 7.33. The molecule has 1 aliphatic rings. The van der Waals surface area contributed by atoms with Gasteiger partial charge >= 0.3 is 0 Å². The minimum Gasteiger partial charge on any atom is -0.351 e. The summed E-state index contributed by atoms with van der Waals surface area (Å²) in [4.78, 5) is 12.3. The van der Waals surface area contributed by atoms with Gasteiger partial charge in [0.2, 0.25) is 5.91 Å². The minimum atomic E-state index is -3.03. The van der Waals surface area contributed by atoms with Crippen molar-refractivity contribution in [1.29, 1.82) is 0 Å². The Morgan fingerprint density at radius 3 is 2.59 bits per heavy atom. The van der Waals surface area contributed by atoms with Crippen molar-refractivity contribution in [2.24, 2.45) is 5.92 Å². The molecule has 1 aromatic carbocycles. The Balaban J connectivity index is 1.93. The van der Waals surface area contributed by atoms with Crippen LogP contribution in [-0.4, -0.2) is 31.9 Å². The van der Waals surface area contributed by atoms with E-state index in [0.717, 1.165) is 12.0 Å². The van der Waals surface area contributed by atoms with Crippen molar-refractivity contribution in [2.75, 3.05) is 12.0 Å². The van der Waals surface area contributed by atoms with Gasteiger partial charge in [-0.1, -0.05) is 29.8 Å². The van der Waals surface area contributed by atoms with Crippen molar-refractivity contribution in [1.82, 2.24) is 5.32 Å². The second kappa shape index (κ2) is 6.20. The lowest BCUT2D eigenvalue weighted by Gasteiger charge is -2.26. The van der Waals surface area contributed by atoms with E-state index >= 15 is 0 Å². The van der Waals surface area contributed by atoms with Crippen molar-refractivity contribution in [3.8, 4) is 0 Å². The first-order chi connectivity index (χ1) is 10.1. The van der Waals surface area contributed by atoms with E-state index in [0.29, 0.717) is 11.4 Å². The van der Waals surface area contributed by atoms with Crippen LogP contribution >= 0.6 is 11.6 Å². The Morgan fingerprint density at radius 2 is 2.00 bits per heavy atom. The summed E-state index contributed by atoms with van der Waals surface area (Å²) in [6.07, 6.45) is 2.40. The number of carbonyl (C=O) groups excluding carboxylic acids is 1. The van der Waals surface area contributed by atoms with Gasteiger partial charge in [0.25, 0.3) is 0 Å². The molecule has 2 rings (SSSR count). The van der Waals surface area contributed by atoms with Crippen LogP contribution in [0.2, 0.25) is 5.02 Å². The van der Waals surface area contributed by atoms with Gasteiger partial charge in [0, 0.05) is 22.7 Å². The SMILES string of the molecule is CC(C)(CCS(C)(=O)=O)NC(=O)[C@@H]1C[C@@H]1c1ccccc1Cl. The monoisotopic (exact) mass is 343 g/mol. The molecule has 1 saturated carbocycles. The maximum absolute atomic E-state index is 12.3. The highest BCUT2D eigenvalue weighted by Gasteiger charge is 2.45. The number of hydrogen-bond donors (Lipinski definition) is 1.